The zero-order chi connectivity index (χ0) is 11.3. The maximum atomic E-state index is 9.45. The molecule has 0 saturated carbocycles. The van der Waals surface area contributed by atoms with E-state index in [-0.39, 0.29) is 0 Å². The molecule has 0 aromatic heterocycles. The summed E-state index contributed by atoms with van der Waals surface area (Å²) < 4.78 is 0. The van der Waals surface area contributed by atoms with Crippen LogP contribution in [-0.4, -0.2) is 36.8 Å². The number of hydrogen-bond donors (Lipinski definition) is 2. The predicted octanol–water partition coefficient (Wildman–Crippen LogP) is 0.610. The van der Waals surface area contributed by atoms with Crippen LogP contribution in [0.4, 0.5) is 0 Å². The standard InChI is InChI=1S/C12H20N2O/c1-14(2)9-11-5-3-4-10(6-11)7-12(15)8-13/h3-6,12,15H,7-9,13H2,1-2H3. The Bertz CT molecular complexity index is 299. The van der Waals surface area contributed by atoms with E-state index in [9.17, 15) is 5.11 Å². The van der Waals surface area contributed by atoms with Gasteiger partial charge in [0.1, 0.15) is 0 Å². The molecule has 0 spiro atoms. The lowest BCUT2D eigenvalue weighted by atomic mass is 10.0. The van der Waals surface area contributed by atoms with Crippen molar-refractivity contribution < 1.29 is 5.11 Å². The smallest absolute Gasteiger partial charge is 0.0702 e. The molecule has 84 valence electrons. The molecule has 3 nitrogen and oxygen atoms in total. The summed E-state index contributed by atoms with van der Waals surface area (Å²) in [5.74, 6) is 0. The number of aliphatic hydroxyl groups is 1. The molecule has 0 saturated heterocycles. The molecule has 0 aliphatic rings. The molecule has 1 aromatic rings. The third-order valence-corrected chi connectivity index (χ3v) is 2.23. The molecule has 15 heavy (non-hydrogen) atoms. The van der Waals surface area contributed by atoms with Gasteiger partial charge in [-0.1, -0.05) is 24.3 Å². The first kappa shape index (κ1) is 12.2. The lowest BCUT2D eigenvalue weighted by Crippen LogP contribution is -2.22. The summed E-state index contributed by atoms with van der Waals surface area (Å²) in [6, 6.07) is 8.27. The van der Waals surface area contributed by atoms with Crippen LogP contribution in [0.2, 0.25) is 0 Å². The van der Waals surface area contributed by atoms with Crippen LogP contribution >= 0.6 is 0 Å². The average molecular weight is 208 g/mol. The van der Waals surface area contributed by atoms with E-state index in [2.05, 4.69) is 17.0 Å². The van der Waals surface area contributed by atoms with E-state index in [1.165, 1.54) is 5.56 Å². The summed E-state index contributed by atoms with van der Waals surface area (Å²) in [6.45, 7) is 1.24. The Hall–Kier alpha value is -0.900. The first-order valence-corrected chi connectivity index (χ1v) is 5.22. The van der Waals surface area contributed by atoms with Gasteiger partial charge in [-0.2, -0.15) is 0 Å². The van der Waals surface area contributed by atoms with Crippen molar-refractivity contribution >= 4 is 0 Å². The Labute approximate surface area is 91.5 Å². The number of nitrogens with two attached hydrogens (primary N) is 1. The zero-order valence-electron chi connectivity index (χ0n) is 9.48. The molecule has 1 unspecified atom stereocenters. The van der Waals surface area contributed by atoms with Gasteiger partial charge in [0.15, 0.2) is 0 Å². The highest BCUT2D eigenvalue weighted by Gasteiger charge is 2.03. The summed E-state index contributed by atoms with van der Waals surface area (Å²) >= 11 is 0. The minimum absolute atomic E-state index is 0.317. The second-order valence-corrected chi connectivity index (χ2v) is 4.15. The molecule has 0 aliphatic heterocycles. The van der Waals surface area contributed by atoms with E-state index < -0.39 is 6.10 Å². The van der Waals surface area contributed by atoms with Gasteiger partial charge in [-0.15, -0.1) is 0 Å². The molecule has 0 fully saturated rings. The predicted molar refractivity (Wildman–Crippen MR) is 62.6 cm³/mol. The second kappa shape index (κ2) is 5.85. The third kappa shape index (κ3) is 4.42. The van der Waals surface area contributed by atoms with Crippen molar-refractivity contribution in [2.75, 3.05) is 20.6 Å². The fraction of sp³-hybridized carbons (Fsp3) is 0.500. The van der Waals surface area contributed by atoms with Gasteiger partial charge in [0.05, 0.1) is 6.10 Å². The molecule has 0 radical (unpaired) electrons. The zero-order valence-corrected chi connectivity index (χ0v) is 9.48. The highest BCUT2D eigenvalue weighted by atomic mass is 16.3. The molecular weight excluding hydrogens is 188 g/mol. The van der Waals surface area contributed by atoms with Crippen molar-refractivity contribution in [3.63, 3.8) is 0 Å². The van der Waals surface area contributed by atoms with Gasteiger partial charge in [0, 0.05) is 13.1 Å². The minimum Gasteiger partial charge on any atom is -0.391 e. The molecule has 1 rings (SSSR count). The monoisotopic (exact) mass is 208 g/mol. The lowest BCUT2D eigenvalue weighted by molar-refractivity contribution is 0.183. The van der Waals surface area contributed by atoms with Crippen molar-refractivity contribution in [3.05, 3.63) is 35.4 Å². The van der Waals surface area contributed by atoms with Crippen molar-refractivity contribution in [2.45, 2.75) is 19.1 Å². The topological polar surface area (TPSA) is 49.5 Å². The van der Waals surface area contributed by atoms with Gasteiger partial charge in [0.2, 0.25) is 0 Å². The van der Waals surface area contributed by atoms with Crippen LogP contribution in [0.5, 0.6) is 0 Å². The normalized spacial score (nSPS) is 13.1. The number of benzene rings is 1. The number of aliphatic hydroxyl groups excluding tert-OH is 1. The molecule has 1 aromatic carbocycles. The fourth-order valence-corrected chi connectivity index (χ4v) is 1.58. The Morgan fingerprint density at radius 3 is 2.60 bits per heavy atom. The second-order valence-electron chi connectivity index (χ2n) is 4.15. The molecule has 0 bridgehead atoms. The Kier molecular flexibility index (Phi) is 4.75. The van der Waals surface area contributed by atoms with Crippen molar-refractivity contribution in [1.82, 2.24) is 4.90 Å². The summed E-state index contributed by atoms with van der Waals surface area (Å²) in [7, 11) is 4.09. The summed E-state index contributed by atoms with van der Waals surface area (Å²) in [4.78, 5) is 2.12. The van der Waals surface area contributed by atoms with Gasteiger partial charge < -0.3 is 15.7 Å². The maximum absolute atomic E-state index is 9.45. The molecule has 0 aliphatic carbocycles. The van der Waals surface area contributed by atoms with E-state index in [1.807, 2.05) is 26.2 Å². The van der Waals surface area contributed by atoms with Crippen LogP contribution in [0.15, 0.2) is 24.3 Å². The van der Waals surface area contributed by atoms with Crippen molar-refractivity contribution in [3.8, 4) is 0 Å². The van der Waals surface area contributed by atoms with Crippen LogP contribution in [0, 0.1) is 0 Å². The van der Waals surface area contributed by atoms with Gasteiger partial charge in [-0.05, 0) is 31.6 Å². The summed E-state index contributed by atoms with van der Waals surface area (Å²) in [5, 5.41) is 9.45. The molecule has 3 heteroatoms. The Morgan fingerprint density at radius 1 is 1.33 bits per heavy atom. The quantitative estimate of drug-likeness (QED) is 0.745. The SMILES string of the molecule is CN(C)Cc1cccc(CC(O)CN)c1. The maximum Gasteiger partial charge on any atom is 0.0702 e. The van der Waals surface area contributed by atoms with Crippen LogP contribution in [-0.2, 0) is 13.0 Å². The first-order chi connectivity index (χ1) is 7.11. The van der Waals surface area contributed by atoms with Crippen molar-refractivity contribution in [2.24, 2.45) is 5.73 Å². The highest BCUT2D eigenvalue weighted by molar-refractivity contribution is 5.24. The van der Waals surface area contributed by atoms with Crippen LogP contribution in [0.1, 0.15) is 11.1 Å². The van der Waals surface area contributed by atoms with E-state index in [0.717, 1.165) is 12.1 Å². The first-order valence-electron chi connectivity index (χ1n) is 5.22. The fourth-order valence-electron chi connectivity index (χ4n) is 1.58. The largest absolute Gasteiger partial charge is 0.391 e. The summed E-state index contributed by atoms with van der Waals surface area (Å²) in [6.07, 6.45) is 0.206. The van der Waals surface area contributed by atoms with E-state index in [4.69, 9.17) is 5.73 Å². The van der Waals surface area contributed by atoms with E-state index in [1.54, 1.807) is 0 Å². The van der Waals surface area contributed by atoms with Gasteiger partial charge in [-0.3, -0.25) is 0 Å². The van der Waals surface area contributed by atoms with Crippen LogP contribution in [0.3, 0.4) is 0 Å². The summed E-state index contributed by atoms with van der Waals surface area (Å²) in [5.41, 5.74) is 7.79. The van der Waals surface area contributed by atoms with Crippen LogP contribution < -0.4 is 5.73 Å². The molecule has 0 amide bonds. The number of hydrogen-bond acceptors (Lipinski definition) is 3. The molecular formula is C12H20N2O. The number of rotatable bonds is 5. The molecule has 3 N–H and O–H groups in total. The van der Waals surface area contributed by atoms with Gasteiger partial charge in [0.25, 0.3) is 0 Å². The lowest BCUT2D eigenvalue weighted by Gasteiger charge is -2.12. The van der Waals surface area contributed by atoms with Gasteiger partial charge >= 0.3 is 0 Å². The third-order valence-electron chi connectivity index (χ3n) is 2.23. The molecule has 1 atom stereocenters. The molecule has 0 heterocycles. The minimum atomic E-state index is -0.431. The highest BCUT2D eigenvalue weighted by Crippen LogP contribution is 2.09. The number of nitrogens with zero attached hydrogens (tertiary/aromatic N) is 1. The van der Waals surface area contributed by atoms with Crippen molar-refractivity contribution in [1.29, 1.82) is 0 Å². The Balaban J connectivity index is 2.65. The Morgan fingerprint density at radius 2 is 2.00 bits per heavy atom. The average Bonchev–Trinajstić information content (AvgIpc) is 2.17. The van der Waals surface area contributed by atoms with E-state index >= 15 is 0 Å². The van der Waals surface area contributed by atoms with Crippen LogP contribution in [0.25, 0.3) is 0 Å². The van der Waals surface area contributed by atoms with E-state index in [0.29, 0.717) is 13.0 Å². The van der Waals surface area contributed by atoms with Gasteiger partial charge in [-0.25, -0.2) is 0 Å².